The van der Waals surface area contributed by atoms with Crippen molar-refractivity contribution in [3.05, 3.63) is 35.4 Å². The van der Waals surface area contributed by atoms with Crippen molar-refractivity contribution < 1.29 is 9.59 Å². The van der Waals surface area contributed by atoms with Crippen LogP contribution >= 0.6 is 0 Å². The third-order valence-corrected chi connectivity index (χ3v) is 2.28. The summed E-state index contributed by atoms with van der Waals surface area (Å²) in [6, 6.07) is 7.29. The van der Waals surface area contributed by atoms with E-state index in [1.54, 1.807) is 12.1 Å². The first-order valence-electron chi connectivity index (χ1n) is 4.75. The van der Waals surface area contributed by atoms with Crippen LogP contribution in [0.3, 0.4) is 0 Å². The van der Waals surface area contributed by atoms with Gasteiger partial charge in [0.1, 0.15) is 6.29 Å². The van der Waals surface area contributed by atoms with E-state index in [9.17, 15) is 9.59 Å². The second-order valence-electron chi connectivity index (χ2n) is 3.38. The largest absolute Gasteiger partial charge is 0.303 e. The van der Waals surface area contributed by atoms with E-state index in [0.717, 1.165) is 11.8 Å². The summed E-state index contributed by atoms with van der Waals surface area (Å²) in [5, 5.41) is 0. The van der Waals surface area contributed by atoms with E-state index in [-0.39, 0.29) is 5.78 Å². The summed E-state index contributed by atoms with van der Waals surface area (Å²) in [4.78, 5) is 22.3. The van der Waals surface area contributed by atoms with Crippen LogP contribution in [-0.4, -0.2) is 12.1 Å². The number of benzene rings is 1. The van der Waals surface area contributed by atoms with Crippen molar-refractivity contribution >= 4 is 12.1 Å². The first-order chi connectivity index (χ1) is 6.69. The summed E-state index contributed by atoms with van der Waals surface area (Å²) in [6.07, 6.45) is 1.29. The van der Waals surface area contributed by atoms with E-state index >= 15 is 0 Å². The van der Waals surface area contributed by atoms with Gasteiger partial charge in [-0.1, -0.05) is 36.8 Å². The van der Waals surface area contributed by atoms with Gasteiger partial charge in [-0.05, 0) is 13.3 Å². The molecule has 1 unspecified atom stereocenters. The Hall–Kier alpha value is -1.44. The van der Waals surface area contributed by atoms with Crippen LogP contribution in [0.4, 0.5) is 0 Å². The lowest BCUT2D eigenvalue weighted by molar-refractivity contribution is -0.109. The van der Waals surface area contributed by atoms with Crippen LogP contribution in [0.15, 0.2) is 24.3 Å². The third-order valence-electron chi connectivity index (χ3n) is 2.28. The second kappa shape index (κ2) is 4.70. The van der Waals surface area contributed by atoms with E-state index in [1.165, 1.54) is 0 Å². The monoisotopic (exact) mass is 190 g/mol. The number of hydrogen-bond donors (Lipinski definition) is 0. The maximum absolute atomic E-state index is 11.7. The van der Waals surface area contributed by atoms with Gasteiger partial charge < -0.3 is 4.79 Å². The minimum atomic E-state index is -0.488. The summed E-state index contributed by atoms with van der Waals surface area (Å²) >= 11 is 0. The Morgan fingerprint density at radius 1 is 1.36 bits per heavy atom. The van der Waals surface area contributed by atoms with E-state index in [0.29, 0.717) is 12.0 Å². The van der Waals surface area contributed by atoms with Crippen LogP contribution in [0.2, 0.25) is 0 Å². The normalized spacial score (nSPS) is 12.1. The lowest BCUT2D eigenvalue weighted by Gasteiger charge is -2.05. The zero-order valence-corrected chi connectivity index (χ0v) is 8.49. The molecule has 2 heteroatoms. The van der Waals surface area contributed by atoms with Gasteiger partial charge in [-0.2, -0.15) is 0 Å². The molecule has 2 nitrogen and oxygen atoms in total. The van der Waals surface area contributed by atoms with Crippen molar-refractivity contribution in [1.29, 1.82) is 0 Å². The molecular formula is C12H14O2. The van der Waals surface area contributed by atoms with Gasteiger partial charge in [0, 0.05) is 5.56 Å². The van der Waals surface area contributed by atoms with Crippen molar-refractivity contribution in [2.45, 2.75) is 20.3 Å². The topological polar surface area (TPSA) is 34.1 Å². The molecule has 0 saturated carbocycles. The van der Waals surface area contributed by atoms with Crippen molar-refractivity contribution in [2.75, 3.05) is 0 Å². The fraction of sp³-hybridized carbons (Fsp3) is 0.333. The quantitative estimate of drug-likeness (QED) is 0.415. The molecule has 0 aliphatic heterocycles. The third kappa shape index (κ3) is 2.28. The summed E-state index contributed by atoms with van der Waals surface area (Å²) in [5.41, 5.74) is 1.73. The number of aldehydes is 1. The fourth-order valence-electron chi connectivity index (χ4n) is 1.28. The molecule has 0 fully saturated rings. The number of hydrogen-bond acceptors (Lipinski definition) is 2. The Bertz CT molecular complexity index is 325. The molecule has 0 aliphatic rings. The summed E-state index contributed by atoms with van der Waals surface area (Å²) in [5.74, 6) is -0.569. The molecule has 0 radical (unpaired) electrons. The van der Waals surface area contributed by atoms with E-state index < -0.39 is 5.92 Å². The van der Waals surface area contributed by atoms with Crippen LogP contribution in [0.25, 0.3) is 0 Å². The molecule has 1 atom stereocenters. The maximum Gasteiger partial charge on any atom is 0.172 e. The van der Waals surface area contributed by atoms with E-state index in [1.807, 2.05) is 26.0 Å². The predicted octanol–water partition coefficient (Wildman–Crippen LogP) is 2.40. The molecule has 0 amide bonds. The molecule has 1 rings (SSSR count). The van der Waals surface area contributed by atoms with Gasteiger partial charge in [0.05, 0.1) is 5.92 Å². The summed E-state index contributed by atoms with van der Waals surface area (Å²) in [6.45, 7) is 3.80. The van der Waals surface area contributed by atoms with Crippen LogP contribution in [-0.2, 0) is 4.79 Å². The van der Waals surface area contributed by atoms with Gasteiger partial charge in [0.25, 0.3) is 0 Å². The fourth-order valence-corrected chi connectivity index (χ4v) is 1.28. The van der Waals surface area contributed by atoms with E-state index in [4.69, 9.17) is 0 Å². The van der Waals surface area contributed by atoms with Gasteiger partial charge in [-0.3, -0.25) is 4.79 Å². The number of carbonyl (C=O) groups is 2. The highest BCUT2D eigenvalue weighted by atomic mass is 16.1. The van der Waals surface area contributed by atoms with Crippen molar-refractivity contribution in [3.8, 4) is 0 Å². The number of ketones is 1. The van der Waals surface area contributed by atoms with Crippen LogP contribution in [0.5, 0.6) is 0 Å². The minimum Gasteiger partial charge on any atom is -0.303 e. The number of rotatable bonds is 4. The van der Waals surface area contributed by atoms with Gasteiger partial charge in [0.2, 0.25) is 0 Å². The van der Waals surface area contributed by atoms with Gasteiger partial charge in [0.15, 0.2) is 5.78 Å². The zero-order valence-electron chi connectivity index (χ0n) is 8.49. The number of carbonyl (C=O) groups excluding carboxylic acids is 2. The Morgan fingerprint density at radius 3 is 2.36 bits per heavy atom. The molecule has 1 aromatic rings. The average molecular weight is 190 g/mol. The first-order valence-corrected chi connectivity index (χ1v) is 4.75. The van der Waals surface area contributed by atoms with Gasteiger partial charge in [-0.15, -0.1) is 0 Å². The number of aryl methyl sites for hydroxylation is 1. The zero-order chi connectivity index (χ0) is 10.6. The Balaban J connectivity index is 2.88. The van der Waals surface area contributed by atoms with Gasteiger partial charge in [-0.25, -0.2) is 0 Å². The molecule has 0 aromatic heterocycles. The SMILES string of the molecule is CCC(C=O)C(=O)c1ccc(C)cc1. The van der Waals surface area contributed by atoms with Crippen molar-refractivity contribution in [1.82, 2.24) is 0 Å². The van der Waals surface area contributed by atoms with Crippen LogP contribution < -0.4 is 0 Å². The molecule has 0 N–H and O–H groups in total. The second-order valence-corrected chi connectivity index (χ2v) is 3.38. The molecule has 74 valence electrons. The highest BCUT2D eigenvalue weighted by molar-refractivity contribution is 6.05. The van der Waals surface area contributed by atoms with E-state index in [2.05, 4.69) is 0 Å². The summed E-state index contributed by atoms with van der Waals surface area (Å²) in [7, 11) is 0. The molecule has 14 heavy (non-hydrogen) atoms. The molecule has 0 bridgehead atoms. The molecule has 0 aliphatic carbocycles. The number of Topliss-reactive ketones (excluding diaryl/α,β-unsaturated/α-hetero) is 1. The average Bonchev–Trinajstić information content (AvgIpc) is 2.20. The molecular weight excluding hydrogens is 176 g/mol. The van der Waals surface area contributed by atoms with Crippen molar-refractivity contribution in [3.63, 3.8) is 0 Å². The first kappa shape index (κ1) is 10.6. The minimum absolute atomic E-state index is 0.0810. The predicted molar refractivity (Wildman–Crippen MR) is 55.4 cm³/mol. The Labute approximate surface area is 83.9 Å². The summed E-state index contributed by atoms with van der Waals surface area (Å²) < 4.78 is 0. The van der Waals surface area contributed by atoms with Gasteiger partial charge >= 0.3 is 0 Å². The van der Waals surface area contributed by atoms with Crippen molar-refractivity contribution in [2.24, 2.45) is 5.92 Å². The molecule has 0 spiro atoms. The Morgan fingerprint density at radius 2 is 1.93 bits per heavy atom. The maximum atomic E-state index is 11.7. The van der Waals surface area contributed by atoms with Crippen LogP contribution in [0, 0.1) is 12.8 Å². The molecule has 1 aromatic carbocycles. The smallest absolute Gasteiger partial charge is 0.172 e. The molecule has 0 saturated heterocycles. The lowest BCUT2D eigenvalue weighted by atomic mass is 9.96. The highest BCUT2D eigenvalue weighted by Gasteiger charge is 2.16. The lowest BCUT2D eigenvalue weighted by Crippen LogP contribution is -2.15. The molecule has 0 heterocycles. The Kier molecular flexibility index (Phi) is 3.57. The van der Waals surface area contributed by atoms with Crippen LogP contribution in [0.1, 0.15) is 29.3 Å². The standard InChI is InChI=1S/C12H14O2/c1-3-10(8-13)12(14)11-6-4-9(2)5-7-11/h4-8,10H,3H2,1-2H3. The highest BCUT2D eigenvalue weighted by Crippen LogP contribution is 2.11.